The first kappa shape index (κ1) is 16.9. The molecule has 3 rings (SSSR count). The van der Waals surface area contributed by atoms with Crippen LogP contribution in [0.15, 0.2) is 35.8 Å². The van der Waals surface area contributed by atoms with Crippen molar-refractivity contribution in [2.45, 2.75) is 0 Å². The molecule has 1 aromatic heterocycles. The second-order valence-electron chi connectivity index (χ2n) is 5.38. The fourth-order valence-corrected chi connectivity index (χ4v) is 3.76. The molecule has 1 aliphatic heterocycles. The van der Waals surface area contributed by atoms with Crippen LogP contribution in [0.1, 0.15) is 10.4 Å². The number of sulfonamides is 1. The van der Waals surface area contributed by atoms with Crippen LogP contribution in [-0.4, -0.2) is 60.9 Å². The number of hydrogen-bond donors (Lipinski definition) is 0. The van der Waals surface area contributed by atoms with Crippen molar-refractivity contribution in [2.75, 3.05) is 32.4 Å². The average Bonchev–Trinajstić information content (AvgIpc) is 3.07. The molecule has 1 fully saturated rings. The van der Waals surface area contributed by atoms with E-state index < -0.39 is 10.0 Å². The Hall–Kier alpha value is -1.97. The largest absolute Gasteiger partial charge is 0.431 e. The number of aromatic nitrogens is 1. The standard InChI is InChI=1S/C15H17N3O4S2/c1-24(20,21)18-9-7-17(8-10-18)14(19)12-2-4-13(5-3-12)22-15-16-6-11-23-15/h2-6,11H,7-10H2,1H3. The molecule has 2 aromatic rings. The number of rotatable bonds is 4. The van der Waals surface area contributed by atoms with Crippen molar-refractivity contribution in [3.63, 3.8) is 0 Å². The SMILES string of the molecule is CS(=O)(=O)N1CCN(C(=O)c2ccc(Oc3nccs3)cc2)CC1. The Labute approximate surface area is 144 Å². The molecule has 0 bridgehead atoms. The second kappa shape index (κ2) is 6.88. The van der Waals surface area contributed by atoms with Gasteiger partial charge in [0, 0.05) is 43.3 Å². The van der Waals surface area contributed by atoms with E-state index in [0.717, 1.165) is 0 Å². The van der Waals surface area contributed by atoms with E-state index in [1.54, 1.807) is 35.4 Å². The zero-order valence-corrected chi connectivity index (χ0v) is 14.7. The molecule has 2 heterocycles. The highest BCUT2D eigenvalue weighted by Gasteiger charge is 2.26. The molecule has 1 aliphatic rings. The van der Waals surface area contributed by atoms with Gasteiger partial charge in [0.1, 0.15) is 5.75 Å². The Kier molecular flexibility index (Phi) is 4.83. The zero-order valence-electron chi connectivity index (χ0n) is 13.1. The summed E-state index contributed by atoms with van der Waals surface area (Å²) >= 11 is 1.39. The summed E-state index contributed by atoms with van der Waals surface area (Å²) in [5, 5.41) is 2.37. The van der Waals surface area contributed by atoms with Gasteiger partial charge in [0.15, 0.2) is 0 Å². The smallest absolute Gasteiger partial charge is 0.278 e. The maximum atomic E-state index is 12.5. The Balaban J connectivity index is 1.61. The molecule has 0 N–H and O–H groups in total. The first-order valence-corrected chi connectivity index (χ1v) is 10.1. The van der Waals surface area contributed by atoms with E-state index in [0.29, 0.717) is 42.7 Å². The number of hydrogen-bond acceptors (Lipinski definition) is 6. The van der Waals surface area contributed by atoms with Gasteiger partial charge in [-0.25, -0.2) is 13.4 Å². The highest BCUT2D eigenvalue weighted by atomic mass is 32.2. The minimum atomic E-state index is -3.20. The Bertz CT molecular complexity index is 796. The molecule has 9 heteroatoms. The van der Waals surface area contributed by atoms with Gasteiger partial charge in [-0.1, -0.05) is 11.3 Å². The van der Waals surface area contributed by atoms with Crippen molar-refractivity contribution in [1.29, 1.82) is 0 Å². The van der Waals surface area contributed by atoms with E-state index in [9.17, 15) is 13.2 Å². The number of benzene rings is 1. The summed E-state index contributed by atoms with van der Waals surface area (Å²) in [6.45, 7) is 1.44. The van der Waals surface area contributed by atoms with E-state index in [1.165, 1.54) is 21.9 Å². The molecule has 1 saturated heterocycles. The number of carbonyl (C=O) groups excluding carboxylic acids is 1. The maximum absolute atomic E-state index is 12.5. The van der Waals surface area contributed by atoms with Gasteiger partial charge in [-0.05, 0) is 24.3 Å². The molecular weight excluding hydrogens is 350 g/mol. The third-order valence-electron chi connectivity index (χ3n) is 3.71. The number of amides is 1. The van der Waals surface area contributed by atoms with Crippen LogP contribution in [0, 0.1) is 0 Å². The molecule has 24 heavy (non-hydrogen) atoms. The molecule has 7 nitrogen and oxygen atoms in total. The molecule has 128 valence electrons. The molecule has 0 unspecified atom stereocenters. The van der Waals surface area contributed by atoms with Gasteiger partial charge in [0.25, 0.3) is 11.1 Å². The molecular formula is C15H17N3O4S2. The van der Waals surface area contributed by atoms with Crippen molar-refractivity contribution >= 4 is 27.3 Å². The molecule has 0 aliphatic carbocycles. The maximum Gasteiger partial charge on any atom is 0.278 e. The minimum Gasteiger partial charge on any atom is -0.431 e. The van der Waals surface area contributed by atoms with E-state index in [-0.39, 0.29) is 5.91 Å². The first-order chi connectivity index (χ1) is 11.4. The van der Waals surface area contributed by atoms with Gasteiger partial charge in [-0.3, -0.25) is 4.79 Å². The van der Waals surface area contributed by atoms with E-state index in [2.05, 4.69) is 4.98 Å². The summed E-state index contributed by atoms with van der Waals surface area (Å²) in [6.07, 6.45) is 2.85. The summed E-state index contributed by atoms with van der Waals surface area (Å²) in [5.41, 5.74) is 0.550. The Morgan fingerprint density at radius 3 is 2.38 bits per heavy atom. The number of carbonyl (C=O) groups is 1. The third kappa shape index (κ3) is 3.92. The summed E-state index contributed by atoms with van der Waals surface area (Å²) in [6, 6.07) is 6.85. The first-order valence-electron chi connectivity index (χ1n) is 7.35. The van der Waals surface area contributed by atoms with Crippen LogP contribution in [0.5, 0.6) is 10.9 Å². The van der Waals surface area contributed by atoms with Crippen molar-refractivity contribution in [3.05, 3.63) is 41.4 Å². The fraction of sp³-hybridized carbons (Fsp3) is 0.333. The lowest BCUT2D eigenvalue weighted by atomic mass is 10.2. The third-order valence-corrected chi connectivity index (χ3v) is 5.66. The van der Waals surface area contributed by atoms with Crippen LogP contribution < -0.4 is 4.74 Å². The predicted molar refractivity (Wildman–Crippen MR) is 91.0 cm³/mol. The van der Waals surface area contributed by atoms with Gasteiger partial charge in [-0.2, -0.15) is 4.31 Å². The molecule has 0 radical (unpaired) electrons. The van der Waals surface area contributed by atoms with Crippen LogP contribution in [0.4, 0.5) is 0 Å². The quantitative estimate of drug-likeness (QED) is 0.821. The highest BCUT2D eigenvalue weighted by molar-refractivity contribution is 7.88. The van der Waals surface area contributed by atoms with Gasteiger partial charge in [-0.15, -0.1) is 0 Å². The average molecular weight is 367 g/mol. The summed E-state index contributed by atoms with van der Waals surface area (Å²) in [4.78, 5) is 18.2. The Morgan fingerprint density at radius 2 is 1.83 bits per heavy atom. The van der Waals surface area contributed by atoms with Crippen LogP contribution >= 0.6 is 11.3 Å². The lowest BCUT2D eigenvalue weighted by Crippen LogP contribution is -2.50. The van der Waals surface area contributed by atoms with Gasteiger partial charge in [0.2, 0.25) is 10.0 Å². The Morgan fingerprint density at radius 1 is 1.17 bits per heavy atom. The predicted octanol–water partition coefficient (Wildman–Crippen LogP) is 1.65. The topological polar surface area (TPSA) is 79.8 Å². The summed E-state index contributed by atoms with van der Waals surface area (Å²) in [5.74, 6) is 0.507. The molecule has 0 spiro atoms. The van der Waals surface area contributed by atoms with E-state index >= 15 is 0 Å². The zero-order chi connectivity index (χ0) is 17.2. The van der Waals surface area contributed by atoms with Gasteiger partial charge in [0.05, 0.1) is 6.26 Å². The molecule has 0 saturated carbocycles. The number of ether oxygens (including phenoxy) is 1. The summed E-state index contributed by atoms with van der Waals surface area (Å²) < 4.78 is 30.0. The van der Waals surface area contributed by atoms with E-state index in [4.69, 9.17) is 4.74 Å². The van der Waals surface area contributed by atoms with Crippen LogP contribution in [0.25, 0.3) is 0 Å². The minimum absolute atomic E-state index is 0.107. The highest BCUT2D eigenvalue weighted by Crippen LogP contribution is 2.23. The monoisotopic (exact) mass is 367 g/mol. The normalized spacial score (nSPS) is 16.1. The number of thiazole rings is 1. The molecule has 1 aromatic carbocycles. The number of piperazine rings is 1. The molecule has 1 amide bonds. The van der Waals surface area contributed by atoms with E-state index in [1.807, 2.05) is 5.38 Å². The number of nitrogens with zero attached hydrogens (tertiary/aromatic N) is 3. The van der Waals surface area contributed by atoms with Crippen molar-refractivity contribution in [2.24, 2.45) is 0 Å². The van der Waals surface area contributed by atoms with Crippen LogP contribution in [0.3, 0.4) is 0 Å². The van der Waals surface area contributed by atoms with Crippen molar-refractivity contribution in [1.82, 2.24) is 14.2 Å². The van der Waals surface area contributed by atoms with Crippen molar-refractivity contribution < 1.29 is 17.9 Å². The summed E-state index contributed by atoms with van der Waals surface area (Å²) in [7, 11) is -3.20. The lowest BCUT2D eigenvalue weighted by Gasteiger charge is -2.33. The van der Waals surface area contributed by atoms with Gasteiger partial charge < -0.3 is 9.64 Å². The van der Waals surface area contributed by atoms with Crippen LogP contribution in [-0.2, 0) is 10.0 Å². The fourth-order valence-electron chi connectivity index (χ4n) is 2.43. The lowest BCUT2D eigenvalue weighted by molar-refractivity contribution is 0.0698. The van der Waals surface area contributed by atoms with Crippen LogP contribution in [0.2, 0.25) is 0 Å². The van der Waals surface area contributed by atoms with Crippen molar-refractivity contribution in [3.8, 4) is 10.9 Å². The van der Waals surface area contributed by atoms with Gasteiger partial charge >= 0.3 is 0 Å². The second-order valence-corrected chi connectivity index (χ2v) is 8.22. The molecule has 0 atom stereocenters.